The highest BCUT2D eigenvalue weighted by Gasteiger charge is 2.63. The van der Waals surface area contributed by atoms with Crippen LogP contribution in [0.25, 0.3) is 0 Å². The molecule has 0 spiro atoms. The fraction of sp³-hybridized carbons (Fsp3) is 0.716. The van der Waals surface area contributed by atoms with Gasteiger partial charge in [-0.3, -0.25) is 38.4 Å². The third-order valence-corrected chi connectivity index (χ3v) is 18.6. The third kappa shape index (κ3) is 27.7. The van der Waals surface area contributed by atoms with Gasteiger partial charge in [0, 0.05) is 58.6 Å². The second-order valence-corrected chi connectivity index (χ2v) is 26.6. The van der Waals surface area contributed by atoms with E-state index in [1.165, 1.54) is 5.32 Å². The van der Waals surface area contributed by atoms with E-state index in [0.717, 1.165) is 9.80 Å². The molecule has 3 saturated heterocycles. The molecular weight excluding hydrogens is 1440 g/mol. The van der Waals surface area contributed by atoms with Crippen molar-refractivity contribution >= 4 is 88.0 Å². The van der Waals surface area contributed by atoms with Crippen LogP contribution >= 0.6 is 0 Å². The number of hydrogen-bond acceptors (Lipinski definition) is 20. The molecule has 7 rings (SSSR count). The average molecular weight is 1550 g/mol. The molecule has 7 amide bonds. The molecule has 0 unspecified atom stereocenters. The minimum atomic E-state index is -5.20. The predicted molar refractivity (Wildman–Crippen MR) is 367 cm³/mol. The van der Waals surface area contributed by atoms with Crippen molar-refractivity contribution in [2.75, 3.05) is 39.5 Å². The number of amides is 7. The van der Waals surface area contributed by atoms with Gasteiger partial charge in [-0.1, -0.05) is 83.4 Å². The van der Waals surface area contributed by atoms with Crippen LogP contribution in [0.15, 0.2) is 36.5 Å². The molecule has 3 radical (unpaired) electrons. The fourth-order valence-electron chi connectivity index (χ4n) is 12.6. The number of carbonyl (C=O) groups excluding carboxylic acids is 10. The zero-order valence-electron chi connectivity index (χ0n) is 59.3. The van der Waals surface area contributed by atoms with Gasteiger partial charge in [0.05, 0.1) is 44.2 Å². The van der Waals surface area contributed by atoms with Crippen LogP contribution in [0.4, 0.5) is 39.5 Å². The molecule has 3 aliphatic carbocycles. The Bertz CT molecular complexity index is 3160. The minimum absolute atomic E-state index is 0. The minimum Gasteiger partial charge on any atom is -0.480 e. The van der Waals surface area contributed by atoms with Crippen molar-refractivity contribution in [1.29, 1.82) is 0 Å². The standard InChI is InChI=1S/2C22H32F3N3O7.C22H30F3N3O6.CH3.BH4.B/c1-2-35-20(34)21(28-17(30)16-10-14(29)12-26-16)11-13(21)8-6-4-3-5-7-9-15(18(31)32)27-19(33)22(23,24)25;1-2-35-20(34)21(26)11-13(21)8-6-4-3-5-7-9-15(27-19(33)22(23,24)25)17(30)28-12-14(29)10-16(28)18(31)32;1-2-34-20(33)21-11-13(21)8-6-4-3-5-7-9-15(26-19(32)22(23,24)25)18(31)28-12-14(29)10-16(28)17(30)27-21;;;/h6,8,13-16,26,29H,2-5,7,9-12H2,1H3,(H,27,33)(H,28,30)(H,31,32);6,8,13-16,29H,2-5,7,9-12,26H2,1H3,(H,27,33)(H,31,32);6,8,13-16,29H,2-5,7,9-12H2,1H3,(H,26,32)(H,27,30);1H3;1H4;/q;;;2*-1;/b3*8-6-;;;/t3*13-,14-,15+,16+,21-;;;/m111.../s1. The molecule has 4 aliphatic heterocycles. The molecule has 3 saturated carbocycles. The summed E-state index contributed by atoms with van der Waals surface area (Å²) in [5.41, 5.74) is 2.55. The van der Waals surface area contributed by atoms with Gasteiger partial charge in [0.15, 0.2) is 0 Å². The number of carboxylic acid groups (broad SMARTS) is 2. The highest BCUT2D eigenvalue weighted by molar-refractivity contribution is 5.98. The molecule has 4 heterocycles. The molecule has 0 bridgehead atoms. The largest absolute Gasteiger partial charge is 0.480 e. The number of rotatable bonds is 28. The number of alkyl halides is 9. The Hall–Kier alpha value is -7.84. The van der Waals surface area contributed by atoms with Crippen molar-refractivity contribution in [3.63, 3.8) is 0 Å². The van der Waals surface area contributed by atoms with Crippen molar-refractivity contribution in [3.8, 4) is 0 Å². The third-order valence-electron chi connectivity index (χ3n) is 18.6. The van der Waals surface area contributed by atoms with Gasteiger partial charge in [0.1, 0.15) is 46.8 Å². The Morgan fingerprint density at radius 3 is 1.76 bits per heavy atom. The molecule has 107 heavy (non-hydrogen) atoms. The normalized spacial score (nSPS) is 28.3. The number of β-amino-alcohol motifs (C(OH)–C–C–N with tert-alkyl or cyclic N) is 2. The van der Waals surface area contributed by atoms with Crippen LogP contribution in [0.1, 0.15) is 156 Å². The Morgan fingerprint density at radius 1 is 0.673 bits per heavy atom. The molecule has 6 fully saturated rings. The van der Waals surface area contributed by atoms with Crippen molar-refractivity contribution in [1.82, 2.24) is 41.7 Å². The fourth-order valence-corrected chi connectivity index (χ4v) is 12.6. The van der Waals surface area contributed by atoms with Crippen molar-refractivity contribution in [2.24, 2.45) is 23.5 Å². The first-order valence-electron chi connectivity index (χ1n) is 34.6. The van der Waals surface area contributed by atoms with Crippen LogP contribution in [0.2, 0.25) is 0 Å². The number of nitrogens with two attached hydrogens (primary N) is 1. The van der Waals surface area contributed by atoms with Crippen LogP contribution in [0, 0.1) is 25.2 Å². The number of ether oxygens (including phenoxy) is 3. The lowest BCUT2D eigenvalue weighted by Gasteiger charge is -2.30. The lowest BCUT2D eigenvalue weighted by Crippen LogP contribution is -2.57. The zero-order chi connectivity index (χ0) is 77.7. The molecular formula is C67H101B2F9N9O20-2. The summed E-state index contributed by atoms with van der Waals surface area (Å²) in [6.07, 6.45) is -0.101. The molecule has 7 aliphatic rings. The lowest BCUT2D eigenvalue weighted by molar-refractivity contribution is -0.175. The highest BCUT2D eigenvalue weighted by Crippen LogP contribution is 2.48. The Morgan fingerprint density at radius 2 is 1.21 bits per heavy atom. The van der Waals surface area contributed by atoms with E-state index in [1.807, 2.05) is 30.4 Å². The number of halogens is 9. The van der Waals surface area contributed by atoms with Crippen molar-refractivity contribution in [2.45, 2.75) is 245 Å². The summed E-state index contributed by atoms with van der Waals surface area (Å²) < 4.78 is 129. The first-order valence-corrected chi connectivity index (χ1v) is 34.6. The molecule has 13 N–H and O–H groups in total. The molecule has 605 valence electrons. The van der Waals surface area contributed by atoms with Gasteiger partial charge in [0.2, 0.25) is 23.6 Å². The first-order chi connectivity index (χ1) is 48.7. The summed E-state index contributed by atoms with van der Waals surface area (Å²) in [7, 11) is 0. The summed E-state index contributed by atoms with van der Waals surface area (Å²) in [6, 6.07) is -7.84. The molecule has 15 atom stereocenters. The SMILES string of the molecule is CCOC(=O)[C@@]1(N)C[C@H]1/C=C\CCCCC[C@H](NC(=O)C(F)(F)F)C(=O)N1C[C@H](O)C[C@H]1C(=O)O.CCOC(=O)[C@@]1(NC(=O)[C@@H]2C[C@@H](O)CN2)C[C@H]1/C=C\CCCCC[C@H](NC(=O)C(F)(F)F)C(=O)O.CCOC(=O)[C@@]12C[C@H]1/C=C\CCCCC[C@H](NC(=O)C(F)(F)F)C(=O)N1C[C@H](O)C[C@H]1C(=O)N2.[BH4-].[B].[CH3-]. The Balaban J connectivity index is 0.000000538. The maximum absolute atomic E-state index is 13.2. The number of aliphatic carboxylic acids is 2. The number of nitrogens with one attached hydrogen (secondary N) is 6. The average Bonchev–Trinajstić information content (AvgIpc) is 1.60. The van der Waals surface area contributed by atoms with Crippen LogP contribution < -0.4 is 37.6 Å². The van der Waals surface area contributed by atoms with Gasteiger partial charge in [-0.2, -0.15) is 39.5 Å². The number of nitrogens with zero attached hydrogens (tertiary/aromatic N) is 2. The van der Waals surface area contributed by atoms with Gasteiger partial charge < -0.3 is 94.6 Å². The Labute approximate surface area is 616 Å². The van der Waals surface area contributed by atoms with Crippen LogP contribution in [-0.4, -0.2) is 253 Å². The van der Waals surface area contributed by atoms with E-state index in [-0.39, 0.29) is 119 Å². The number of hydrogen-bond donors (Lipinski definition) is 12. The van der Waals surface area contributed by atoms with Crippen LogP contribution in [0.3, 0.4) is 0 Å². The Kier molecular flexibility index (Phi) is 37.6. The number of fused-ring (bicyclic) bond motifs is 2. The summed E-state index contributed by atoms with van der Waals surface area (Å²) in [6.45, 7) is 5.21. The zero-order valence-corrected chi connectivity index (χ0v) is 59.3. The van der Waals surface area contributed by atoms with Crippen molar-refractivity contribution in [3.05, 3.63) is 43.9 Å². The van der Waals surface area contributed by atoms with Gasteiger partial charge in [-0.25, -0.2) is 19.2 Å². The number of carboxylic acids is 2. The molecule has 0 aromatic heterocycles. The summed E-state index contributed by atoms with van der Waals surface area (Å²) in [5.74, 6) is -14.9. The summed E-state index contributed by atoms with van der Waals surface area (Å²) in [4.78, 5) is 147. The van der Waals surface area contributed by atoms with E-state index < -0.39 is 155 Å². The van der Waals surface area contributed by atoms with E-state index in [2.05, 4.69) is 16.0 Å². The van der Waals surface area contributed by atoms with E-state index >= 15 is 0 Å². The number of aliphatic hydroxyl groups excluding tert-OH is 3. The highest BCUT2D eigenvalue weighted by atomic mass is 19.4. The van der Waals surface area contributed by atoms with E-state index in [1.54, 1.807) is 37.5 Å². The lowest BCUT2D eigenvalue weighted by atomic mass is 10.0. The number of esters is 3. The van der Waals surface area contributed by atoms with E-state index in [4.69, 9.17) is 25.1 Å². The quantitative estimate of drug-likeness (QED) is 0.00996. The van der Waals surface area contributed by atoms with Crippen molar-refractivity contribution < 1.29 is 137 Å². The molecule has 0 aromatic carbocycles. The summed E-state index contributed by atoms with van der Waals surface area (Å²) >= 11 is 0. The maximum atomic E-state index is 13.2. The van der Waals surface area contributed by atoms with E-state index in [0.29, 0.717) is 103 Å². The predicted octanol–water partition coefficient (Wildman–Crippen LogP) is 1.22. The second kappa shape index (κ2) is 42.2. The molecule has 29 nitrogen and oxygen atoms in total. The molecule has 0 aromatic rings. The smallest absolute Gasteiger partial charge is 0.471 e. The van der Waals surface area contributed by atoms with E-state index in [9.17, 15) is 117 Å². The number of unbranched alkanes of at least 4 members (excludes halogenated alkanes) is 6. The topological polar surface area (TPSA) is 438 Å². The van der Waals surface area contributed by atoms with Crippen LogP contribution in [0.5, 0.6) is 0 Å². The maximum Gasteiger partial charge on any atom is 0.471 e. The second-order valence-electron chi connectivity index (χ2n) is 26.6. The number of carbonyl (C=O) groups is 12. The monoisotopic (exact) mass is 1540 g/mol. The van der Waals surface area contributed by atoms with Gasteiger partial charge >= 0.3 is 66.1 Å². The number of aliphatic hydroxyl groups is 3. The van der Waals surface area contributed by atoms with Crippen LogP contribution in [-0.2, 0) is 71.7 Å². The molecule has 40 heteroatoms. The van der Waals surface area contributed by atoms with Gasteiger partial charge in [-0.05, 0) is 104 Å². The van der Waals surface area contributed by atoms with Gasteiger partial charge in [0.25, 0.3) is 0 Å². The van der Waals surface area contributed by atoms with Gasteiger partial charge in [-0.15, -0.1) is 0 Å². The number of allylic oxidation sites excluding steroid dienone is 3. The summed E-state index contributed by atoms with van der Waals surface area (Å²) in [5, 5.41) is 61.0. The first kappa shape index (κ1) is 95.2. The number of likely N-dealkylation sites (tertiary alicyclic amines) is 1.